The Bertz CT molecular complexity index is 439. The van der Waals surface area contributed by atoms with Crippen molar-refractivity contribution in [2.45, 2.75) is 4.90 Å². The van der Waals surface area contributed by atoms with Gasteiger partial charge in [0.1, 0.15) is 5.69 Å². The Hall–Kier alpha value is -1.42. The van der Waals surface area contributed by atoms with E-state index in [1.54, 1.807) is 17.8 Å². The first-order valence-electron chi connectivity index (χ1n) is 4.17. The summed E-state index contributed by atoms with van der Waals surface area (Å²) in [6, 6.07) is 9.75. The van der Waals surface area contributed by atoms with Gasteiger partial charge in [-0.3, -0.25) is 0 Å². The molecule has 0 amide bonds. The van der Waals surface area contributed by atoms with Crippen LogP contribution in [0.5, 0.6) is 0 Å². The second-order valence-corrected chi connectivity index (χ2v) is 3.66. The fourth-order valence-corrected chi connectivity index (χ4v) is 1.88. The Morgan fingerprint density at radius 3 is 2.79 bits per heavy atom. The van der Waals surface area contributed by atoms with Gasteiger partial charge in [-0.05, 0) is 12.3 Å². The van der Waals surface area contributed by atoms with Crippen LogP contribution in [0.3, 0.4) is 0 Å². The molecule has 0 saturated heterocycles. The zero-order chi connectivity index (χ0) is 9.97. The zero-order valence-corrected chi connectivity index (χ0v) is 8.54. The molecule has 0 aliphatic carbocycles. The quantitative estimate of drug-likeness (QED) is 0.767. The first kappa shape index (κ1) is 9.15. The van der Waals surface area contributed by atoms with Gasteiger partial charge in [-0.25, -0.2) is 0 Å². The fourth-order valence-electron chi connectivity index (χ4n) is 1.27. The minimum absolute atomic E-state index is 0.343. The molecule has 4 heteroatoms. The van der Waals surface area contributed by atoms with Crippen molar-refractivity contribution < 1.29 is 4.52 Å². The highest BCUT2D eigenvalue weighted by molar-refractivity contribution is 7.98. The molecule has 3 nitrogen and oxygen atoms in total. The van der Waals surface area contributed by atoms with Gasteiger partial charge in [-0.2, -0.15) is 0 Å². The lowest BCUT2D eigenvalue weighted by Gasteiger charge is -2.01. The van der Waals surface area contributed by atoms with Crippen molar-refractivity contribution in [2.75, 3.05) is 12.0 Å². The van der Waals surface area contributed by atoms with Gasteiger partial charge in [0.05, 0.1) is 0 Å². The number of aromatic nitrogens is 1. The van der Waals surface area contributed by atoms with Gasteiger partial charge in [0.15, 0.2) is 0 Å². The first-order chi connectivity index (χ1) is 6.81. The van der Waals surface area contributed by atoms with Crippen molar-refractivity contribution in [3.63, 3.8) is 0 Å². The number of nitrogens with two attached hydrogens (primary N) is 1. The molecule has 0 atom stereocenters. The highest BCUT2D eigenvalue weighted by Crippen LogP contribution is 2.29. The molecular formula is C10H10N2OS. The standard InChI is InChI=1S/C10H10N2OS/c1-14-9-5-3-2-4-7(9)8-6-10(11)13-12-8/h2-6H,11H2,1H3. The van der Waals surface area contributed by atoms with Crippen molar-refractivity contribution >= 4 is 17.6 Å². The van der Waals surface area contributed by atoms with E-state index < -0.39 is 0 Å². The summed E-state index contributed by atoms with van der Waals surface area (Å²) in [5, 5.41) is 3.88. The summed E-state index contributed by atoms with van der Waals surface area (Å²) in [5.41, 5.74) is 7.31. The van der Waals surface area contributed by atoms with Crippen LogP contribution in [-0.2, 0) is 0 Å². The van der Waals surface area contributed by atoms with E-state index in [9.17, 15) is 0 Å². The van der Waals surface area contributed by atoms with Gasteiger partial charge < -0.3 is 10.3 Å². The normalized spacial score (nSPS) is 10.4. The van der Waals surface area contributed by atoms with E-state index in [-0.39, 0.29) is 0 Å². The number of thioether (sulfide) groups is 1. The van der Waals surface area contributed by atoms with Gasteiger partial charge in [0.2, 0.25) is 5.88 Å². The Balaban J connectivity index is 2.50. The summed E-state index contributed by atoms with van der Waals surface area (Å²) in [4.78, 5) is 1.17. The Morgan fingerprint density at radius 1 is 1.36 bits per heavy atom. The second kappa shape index (κ2) is 3.75. The molecule has 0 aliphatic heterocycles. The van der Waals surface area contributed by atoms with Crippen LogP contribution in [0.25, 0.3) is 11.3 Å². The highest BCUT2D eigenvalue weighted by Gasteiger charge is 2.07. The highest BCUT2D eigenvalue weighted by atomic mass is 32.2. The average Bonchev–Trinajstić information content (AvgIpc) is 2.65. The summed E-state index contributed by atoms with van der Waals surface area (Å²) in [6.45, 7) is 0. The third-order valence-electron chi connectivity index (χ3n) is 1.91. The Labute approximate surface area is 86.3 Å². The lowest BCUT2D eigenvalue weighted by atomic mass is 10.1. The number of nitrogens with zero attached hydrogens (tertiary/aromatic N) is 1. The van der Waals surface area contributed by atoms with E-state index in [2.05, 4.69) is 5.16 Å². The number of benzene rings is 1. The number of rotatable bonds is 2. The molecule has 0 radical (unpaired) electrons. The summed E-state index contributed by atoms with van der Waals surface area (Å²) in [5.74, 6) is 0.343. The van der Waals surface area contributed by atoms with Crippen LogP contribution in [0.1, 0.15) is 0 Å². The lowest BCUT2D eigenvalue weighted by Crippen LogP contribution is -1.80. The molecule has 0 spiro atoms. The number of nitrogen functional groups attached to an aromatic ring is 1. The molecule has 1 aromatic carbocycles. The van der Waals surface area contributed by atoms with Crippen LogP contribution in [0, 0.1) is 0 Å². The lowest BCUT2D eigenvalue weighted by molar-refractivity contribution is 0.439. The predicted octanol–water partition coefficient (Wildman–Crippen LogP) is 2.65. The topological polar surface area (TPSA) is 52.0 Å². The minimum Gasteiger partial charge on any atom is -0.368 e. The SMILES string of the molecule is CSc1ccccc1-c1cc(N)on1. The molecule has 0 unspecified atom stereocenters. The van der Waals surface area contributed by atoms with Gasteiger partial charge in [-0.1, -0.05) is 23.4 Å². The number of anilines is 1. The van der Waals surface area contributed by atoms with Crippen LogP contribution in [-0.4, -0.2) is 11.4 Å². The van der Waals surface area contributed by atoms with Crippen LogP contribution >= 0.6 is 11.8 Å². The molecule has 0 fully saturated rings. The zero-order valence-electron chi connectivity index (χ0n) is 7.73. The van der Waals surface area contributed by atoms with Crippen molar-refractivity contribution in [2.24, 2.45) is 0 Å². The molecule has 0 saturated carbocycles. The van der Waals surface area contributed by atoms with Crippen LogP contribution in [0.15, 0.2) is 39.8 Å². The van der Waals surface area contributed by atoms with Crippen molar-refractivity contribution in [1.82, 2.24) is 5.16 Å². The second-order valence-electron chi connectivity index (χ2n) is 2.81. The monoisotopic (exact) mass is 206 g/mol. The minimum atomic E-state index is 0.343. The van der Waals surface area contributed by atoms with Gasteiger partial charge in [0.25, 0.3) is 0 Å². The number of hydrogen-bond donors (Lipinski definition) is 1. The van der Waals surface area contributed by atoms with E-state index in [0.29, 0.717) is 5.88 Å². The average molecular weight is 206 g/mol. The first-order valence-corrected chi connectivity index (χ1v) is 5.39. The smallest absolute Gasteiger partial charge is 0.222 e. The molecule has 2 aromatic rings. The molecule has 1 heterocycles. The third-order valence-corrected chi connectivity index (χ3v) is 2.71. The van der Waals surface area contributed by atoms with E-state index in [1.165, 1.54) is 4.90 Å². The fraction of sp³-hybridized carbons (Fsp3) is 0.100. The van der Waals surface area contributed by atoms with E-state index in [4.69, 9.17) is 10.3 Å². The van der Waals surface area contributed by atoms with Gasteiger partial charge in [0, 0.05) is 16.5 Å². The molecule has 2 rings (SSSR count). The molecule has 2 N–H and O–H groups in total. The van der Waals surface area contributed by atoms with E-state index in [1.807, 2.05) is 30.5 Å². The summed E-state index contributed by atoms with van der Waals surface area (Å²) >= 11 is 1.68. The largest absolute Gasteiger partial charge is 0.368 e. The molecule has 14 heavy (non-hydrogen) atoms. The molecule has 0 bridgehead atoms. The van der Waals surface area contributed by atoms with E-state index >= 15 is 0 Å². The Morgan fingerprint density at radius 2 is 2.14 bits per heavy atom. The van der Waals surface area contributed by atoms with Crippen LogP contribution in [0.4, 0.5) is 5.88 Å². The third kappa shape index (κ3) is 1.61. The van der Waals surface area contributed by atoms with Crippen LogP contribution < -0.4 is 5.73 Å². The van der Waals surface area contributed by atoms with Gasteiger partial charge >= 0.3 is 0 Å². The molecule has 0 aliphatic rings. The van der Waals surface area contributed by atoms with Gasteiger partial charge in [-0.15, -0.1) is 11.8 Å². The maximum Gasteiger partial charge on any atom is 0.222 e. The summed E-state index contributed by atoms with van der Waals surface area (Å²) < 4.78 is 4.84. The Kier molecular flexibility index (Phi) is 2.45. The van der Waals surface area contributed by atoms with Crippen LogP contribution in [0.2, 0.25) is 0 Å². The summed E-state index contributed by atoms with van der Waals surface area (Å²) in [6.07, 6.45) is 2.03. The molecule has 72 valence electrons. The summed E-state index contributed by atoms with van der Waals surface area (Å²) in [7, 11) is 0. The van der Waals surface area contributed by atoms with Crippen molar-refractivity contribution in [3.8, 4) is 11.3 Å². The molecular weight excluding hydrogens is 196 g/mol. The number of hydrogen-bond acceptors (Lipinski definition) is 4. The maximum absolute atomic E-state index is 5.47. The van der Waals surface area contributed by atoms with E-state index in [0.717, 1.165) is 11.3 Å². The van der Waals surface area contributed by atoms with Crippen molar-refractivity contribution in [3.05, 3.63) is 30.3 Å². The predicted molar refractivity (Wildman–Crippen MR) is 58.1 cm³/mol. The molecule has 1 aromatic heterocycles. The maximum atomic E-state index is 5.47. The van der Waals surface area contributed by atoms with Crippen molar-refractivity contribution in [1.29, 1.82) is 0 Å².